The molecular formula is C17H18FN3O2. The smallest absolute Gasteiger partial charge is 0.257 e. The number of benzene rings is 1. The molecule has 6 heteroatoms. The predicted molar refractivity (Wildman–Crippen MR) is 85.0 cm³/mol. The minimum absolute atomic E-state index is 0.0805. The number of hydrogen-bond donors (Lipinski definition) is 2. The maximum Gasteiger partial charge on any atom is 0.257 e. The fraction of sp³-hybridized carbons (Fsp3) is 0.294. The summed E-state index contributed by atoms with van der Waals surface area (Å²) in [5.74, 6) is -0.111. The number of aliphatic hydroxyl groups is 1. The Bertz CT molecular complexity index is 708. The molecule has 1 aliphatic heterocycles. The van der Waals surface area contributed by atoms with Gasteiger partial charge in [-0.05, 0) is 30.7 Å². The van der Waals surface area contributed by atoms with Crippen molar-refractivity contribution in [2.75, 3.05) is 25.0 Å². The van der Waals surface area contributed by atoms with E-state index in [2.05, 4.69) is 10.3 Å². The van der Waals surface area contributed by atoms with Crippen molar-refractivity contribution < 1.29 is 14.3 Å². The van der Waals surface area contributed by atoms with Crippen molar-refractivity contribution in [2.45, 2.75) is 6.42 Å². The number of nitrogens with one attached hydrogen (secondary N) is 1. The summed E-state index contributed by atoms with van der Waals surface area (Å²) in [6.45, 7) is 1.22. The van der Waals surface area contributed by atoms with Gasteiger partial charge in [-0.15, -0.1) is 0 Å². The molecule has 23 heavy (non-hydrogen) atoms. The van der Waals surface area contributed by atoms with E-state index in [9.17, 15) is 14.3 Å². The monoisotopic (exact) mass is 315 g/mol. The Labute approximate surface area is 133 Å². The Morgan fingerprint density at radius 1 is 1.35 bits per heavy atom. The lowest BCUT2D eigenvalue weighted by molar-refractivity contribution is 0.0782. The number of halogens is 1. The van der Waals surface area contributed by atoms with Crippen LogP contribution in [0.3, 0.4) is 0 Å². The second kappa shape index (κ2) is 6.75. The number of carbonyl (C=O) groups excluding carboxylic acids is 1. The average molecular weight is 315 g/mol. The van der Waals surface area contributed by atoms with Crippen LogP contribution in [0.5, 0.6) is 0 Å². The predicted octanol–water partition coefficient (Wildman–Crippen LogP) is 2.42. The summed E-state index contributed by atoms with van der Waals surface area (Å²) < 4.78 is 13.8. The molecule has 1 aromatic heterocycles. The summed E-state index contributed by atoms with van der Waals surface area (Å²) in [5.41, 5.74) is 0.671. The molecule has 3 rings (SSSR count). The molecule has 1 saturated heterocycles. The molecule has 1 aliphatic rings. The second-order valence-electron chi connectivity index (χ2n) is 5.59. The van der Waals surface area contributed by atoms with Crippen LogP contribution >= 0.6 is 0 Å². The van der Waals surface area contributed by atoms with E-state index in [-0.39, 0.29) is 24.1 Å². The Balaban J connectivity index is 1.83. The van der Waals surface area contributed by atoms with Crippen LogP contribution in [0.25, 0.3) is 0 Å². The highest BCUT2D eigenvalue weighted by molar-refractivity contribution is 5.99. The van der Waals surface area contributed by atoms with Crippen LogP contribution in [-0.4, -0.2) is 40.6 Å². The lowest BCUT2D eigenvalue weighted by Crippen LogP contribution is -2.29. The van der Waals surface area contributed by atoms with Gasteiger partial charge in [0.15, 0.2) is 0 Å². The molecular weight excluding hydrogens is 297 g/mol. The van der Waals surface area contributed by atoms with Crippen LogP contribution in [0.2, 0.25) is 0 Å². The molecule has 0 radical (unpaired) electrons. The van der Waals surface area contributed by atoms with E-state index in [1.54, 1.807) is 41.4 Å². The normalized spacial score (nSPS) is 17.3. The molecule has 0 saturated carbocycles. The molecule has 0 aliphatic carbocycles. The molecule has 1 aromatic carbocycles. The minimum Gasteiger partial charge on any atom is -0.396 e. The molecule has 2 N–H and O–H groups in total. The summed E-state index contributed by atoms with van der Waals surface area (Å²) in [5, 5.41) is 12.1. The average Bonchev–Trinajstić information content (AvgIpc) is 3.06. The Morgan fingerprint density at radius 2 is 2.17 bits per heavy atom. The van der Waals surface area contributed by atoms with Gasteiger partial charge in [0.1, 0.15) is 11.6 Å². The molecule has 1 fully saturated rings. The third kappa shape index (κ3) is 3.32. The number of aliphatic hydroxyl groups excluding tert-OH is 1. The summed E-state index contributed by atoms with van der Waals surface area (Å²) in [4.78, 5) is 18.5. The number of likely N-dealkylation sites (tertiary alicyclic amines) is 1. The maximum absolute atomic E-state index is 13.8. The van der Waals surface area contributed by atoms with Crippen LogP contribution in [0, 0.1) is 11.7 Å². The van der Waals surface area contributed by atoms with Crippen molar-refractivity contribution in [3.05, 3.63) is 54.0 Å². The van der Waals surface area contributed by atoms with Crippen LogP contribution in [0.4, 0.5) is 15.9 Å². The fourth-order valence-electron chi connectivity index (χ4n) is 2.70. The standard InChI is InChI=1S/C17H18FN3O2/c18-14-5-1-2-6-15(14)20-16-13(4-3-8-19-16)17(23)21-9-7-12(10-21)11-22/h1-6,8,12,22H,7,9-11H2,(H,19,20). The molecule has 2 aromatic rings. The van der Waals surface area contributed by atoms with Crippen molar-refractivity contribution in [3.63, 3.8) is 0 Å². The Kier molecular flexibility index (Phi) is 4.52. The molecule has 5 nitrogen and oxygen atoms in total. The first-order valence-corrected chi connectivity index (χ1v) is 7.55. The highest BCUT2D eigenvalue weighted by Crippen LogP contribution is 2.24. The van der Waals surface area contributed by atoms with Gasteiger partial charge in [-0.3, -0.25) is 4.79 Å². The van der Waals surface area contributed by atoms with Gasteiger partial charge in [-0.2, -0.15) is 0 Å². The van der Waals surface area contributed by atoms with E-state index in [0.717, 1.165) is 6.42 Å². The number of pyridine rings is 1. The lowest BCUT2D eigenvalue weighted by Gasteiger charge is -2.18. The van der Waals surface area contributed by atoms with Gasteiger partial charge in [0.2, 0.25) is 0 Å². The number of rotatable bonds is 4. The molecule has 1 unspecified atom stereocenters. The minimum atomic E-state index is -0.405. The van der Waals surface area contributed by atoms with Crippen molar-refractivity contribution in [1.82, 2.24) is 9.88 Å². The van der Waals surface area contributed by atoms with Gasteiger partial charge in [0, 0.05) is 31.8 Å². The number of para-hydroxylation sites is 1. The number of aromatic nitrogens is 1. The van der Waals surface area contributed by atoms with Gasteiger partial charge >= 0.3 is 0 Å². The number of carbonyl (C=O) groups is 1. The van der Waals surface area contributed by atoms with E-state index in [1.165, 1.54) is 6.07 Å². The van der Waals surface area contributed by atoms with Gasteiger partial charge in [-0.1, -0.05) is 12.1 Å². The first-order valence-electron chi connectivity index (χ1n) is 7.55. The molecule has 0 spiro atoms. The van der Waals surface area contributed by atoms with Crippen molar-refractivity contribution in [2.24, 2.45) is 5.92 Å². The number of hydrogen-bond acceptors (Lipinski definition) is 4. The van der Waals surface area contributed by atoms with Crippen molar-refractivity contribution in [3.8, 4) is 0 Å². The van der Waals surface area contributed by atoms with E-state index >= 15 is 0 Å². The first kappa shape index (κ1) is 15.4. The second-order valence-corrected chi connectivity index (χ2v) is 5.59. The largest absolute Gasteiger partial charge is 0.396 e. The summed E-state index contributed by atoms with van der Waals surface area (Å²) in [6, 6.07) is 9.60. The fourth-order valence-corrected chi connectivity index (χ4v) is 2.70. The number of anilines is 2. The zero-order valence-corrected chi connectivity index (χ0v) is 12.6. The Morgan fingerprint density at radius 3 is 2.91 bits per heavy atom. The number of nitrogens with zero attached hydrogens (tertiary/aromatic N) is 2. The SMILES string of the molecule is O=C(c1cccnc1Nc1ccccc1F)N1CCC(CO)C1. The molecule has 1 amide bonds. The number of amides is 1. The highest BCUT2D eigenvalue weighted by atomic mass is 19.1. The quantitative estimate of drug-likeness (QED) is 0.909. The van der Waals surface area contributed by atoms with Gasteiger partial charge in [-0.25, -0.2) is 9.37 Å². The van der Waals surface area contributed by atoms with Gasteiger partial charge in [0.25, 0.3) is 5.91 Å². The molecule has 1 atom stereocenters. The molecule has 0 bridgehead atoms. The van der Waals surface area contributed by atoms with Crippen molar-refractivity contribution >= 4 is 17.4 Å². The van der Waals surface area contributed by atoms with E-state index in [4.69, 9.17) is 0 Å². The molecule has 2 heterocycles. The van der Waals surface area contributed by atoms with Crippen LogP contribution in [0.15, 0.2) is 42.6 Å². The van der Waals surface area contributed by atoms with Gasteiger partial charge in [0.05, 0.1) is 11.3 Å². The van der Waals surface area contributed by atoms with Crippen LogP contribution < -0.4 is 5.32 Å². The van der Waals surface area contributed by atoms with Gasteiger partial charge < -0.3 is 15.3 Å². The zero-order chi connectivity index (χ0) is 16.2. The zero-order valence-electron chi connectivity index (χ0n) is 12.6. The lowest BCUT2D eigenvalue weighted by atomic mass is 10.1. The molecule has 120 valence electrons. The third-order valence-electron chi connectivity index (χ3n) is 4.00. The maximum atomic E-state index is 13.8. The van der Waals surface area contributed by atoms with E-state index < -0.39 is 5.82 Å². The summed E-state index contributed by atoms with van der Waals surface area (Å²) in [6.07, 6.45) is 2.35. The van der Waals surface area contributed by atoms with Crippen molar-refractivity contribution in [1.29, 1.82) is 0 Å². The first-order chi connectivity index (χ1) is 11.2. The van der Waals surface area contributed by atoms with E-state index in [0.29, 0.717) is 24.5 Å². The topological polar surface area (TPSA) is 65.5 Å². The van der Waals surface area contributed by atoms with Crippen LogP contribution in [0.1, 0.15) is 16.8 Å². The third-order valence-corrected chi connectivity index (χ3v) is 4.00. The van der Waals surface area contributed by atoms with Crippen LogP contribution in [-0.2, 0) is 0 Å². The van der Waals surface area contributed by atoms with E-state index in [1.807, 2.05) is 0 Å². The Hall–Kier alpha value is -2.47. The summed E-state index contributed by atoms with van der Waals surface area (Å²) in [7, 11) is 0. The highest BCUT2D eigenvalue weighted by Gasteiger charge is 2.28. The summed E-state index contributed by atoms with van der Waals surface area (Å²) >= 11 is 0.